The van der Waals surface area contributed by atoms with Crippen molar-refractivity contribution in [3.63, 3.8) is 0 Å². The van der Waals surface area contributed by atoms with Crippen molar-refractivity contribution in [3.05, 3.63) is 41.5 Å². The van der Waals surface area contributed by atoms with E-state index < -0.39 is 12.8 Å². The summed E-state index contributed by atoms with van der Waals surface area (Å²) >= 11 is 0. The molecule has 0 saturated heterocycles. The zero-order chi connectivity index (χ0) is 14.9. The molecule has 0 saturated carbocycles. The maximum Gasteiger partial charge on any atom is 0.411 e. The predicted molar refractivity (Wildman–Crippen MR) is 66.8 cm³/mol. The molecular formula is C13H12F3N3O2. The van der Waals surface area contributed by atoms with Gasteiger partial charge >= 0.3 is 6.18 Å². The zero-order valence-corrected chi connectivity index (χ0v) is 10.9. The minimum Gasteiger partial charge on any atom is -0.384 e. The molecule has 0 amide bonds. The molecule has 1 unspecified atom stereocenters. The molecule has 8 heteroatoms. The average Bonchev–Trinajstić information content (AvgIpc) is 3.03. The summed E-state index contributed by atoms with van der Waals surface area (Å²) in [6.07, 6.45) is -4.36. The quantitative estimate of drug-likeness (QED) is 0.940. The van der Waals surface area contributed by atoms with Crippen molar-refractivity contribution in [3.8, 4) is 0 Å². The molecule has 21 heavy (non-hydrogen) atoms. The molecule has 2 heterocycles. The van der Waals surface area contributed by atoms with Crippen molar-refractivity contribution < 1.29 is 22.4 Å². The number of aromatic nitrogens is 2. The maximum absolute atomic E-state index is 12.0. The smallest absolute Gasteiger partial charge is 0.384 e. The molecule has 0 bridgehead atoms. The molecule has 0 fully saturated rings. The second-order valence-electron chi connectivity index (χ2n) is 4.68. The highest BCUT2D eigenvalue weighted by molar-refractivity contribution is 5.59. The molecule has 0 radical (unpaired) electrons. The number of anilines is 1. The Bertz CT molecular complexity index is 627. The van der Waals surface area contributed by atoms with Gasteiger partial charge in [-0.25, -0.2) is 0 Å². The Labute approximate surface area is 118 Å². The van der Waals surface area contributed by atoms with Crippen molar-refractivity contribution in [2.45, 2.75) is 18.7 Å². The second kappa shape index (κ2) is 5.36. The monoisotopic (exact) mass is 299 g/mol. The van der Waals surface area contributed by atoms with Crippen LogP contribution < -0.4 is 5.32 Å². The number of fused-ring (bicyclic) bond motifs is 1. The highest BCUT2D eigenvalue weighted by atomic mass is 19.4. The van der Waals surface area contributed by atoms with E-state index in [0.717, 1.165) is 11.3 Å². The number of nitrogens with zero attached hydrogens (tertiary/aromatic N) is 2. The molecule has 0 spiro atoms. The molecule has 1 aliphatic heterocycles. The van der Waals surface area contributed by atoms with Crippen LogP contribution in [0.5, 0.6) is 0 Å². The van der Waals surface area contributed by atoms with Crippen LogP contribution in [0, 0.1) is 0 Å². The van der Waals surface area contributed by atoms with Gasteiger partial charge in [-0.3, -0.25) is 0 Å². The van der Waals surface area contributed by atoms with Crippen LogP contribution in [-0.4, -0.2) is 29.5 Å². The summed E-state index contributed by atoms with van der Waals surface area (Å²) in [5, 5.41) is 6.86. The van der Waals surface area contributed by atoms with Crippen LogP contribution in [0.25, 0.3) is 0 Å². The minimum absolute atomic E-state index is 0.0925. The van der Waals surface area contributed by atoms with E-state index in [0.29, 0.717) is 12.4 Å². The van der Waals surface area contributed by atoms with E-state index in [1.807, 2.05) is 24.3 Å². The third-order valence-electron chi connectivity index (χ3n) is 3.11. The molecule has 2 aromatic rings. The van der Waals surface area contributed by atoms with Gasteiger partial charge in [-0.05, 0) is 11.6 Å². The zero-order valence-electron chi connectivity index (χ0n) is 10.9. The van der Waals surface area contributed by atoms with E-state index in [1.165, 1.54) is 0 Å². The number of alkyl halides is 3. The van der Waals surface area contributed by atoms with E-state index >= 15 is 0 Å². The lowest BCUT2D eigenvalue weighted by Gasteiger charge is -2.05. The summed E-state index contributed by atoms with van der Waals surface area (Å²) in [4.78, 5) is 4.10. The van der Waals surface area contributed by atoms with Crippen LogP contribution in [0.4, 0.5) is 18.9 Å². The van der Waals surface area contributed by atoms with Gasteiger partial charge in [0.05, 0.1) is 5.92 Å². The Hall–Kier alpha value is -2.09. The van der Waals surface area contributed by atoms with E-state index in [2.05, 4.69) is 20.2 Å². The van der Waals surface area contributed by atoms with Gasteiger partial charge in [-0.15, -0.1) is 0 Å². The van der Waals surface area contributed by atoms with Crippen LogP contribution in [0.1, 0.15) is 23.2 Å². The van der Waals surface area contributed by atoms with Crippen molar-refractivity contribution in [2.24, 2.45) is 0 Å². The SMILES string of the molecule is FC(F)(F)COCc1noc(C2CNc3ccccc32)n1. The summed E-state index contributed by atoms with van der Waals surface area (Å²) < 4.78 is 45.6. The van der Waals surface area contributed by atoms with Gasteiger partial charge in [-0.2, -0.15) is 18.2 Å². The number of hydrogen-bond acceptors (Lipinski definition) is 5. The highest BCUT2D eigenvalue weighted by Crippen LogP contribution is 2.34. The van der Waals surface area contributed by atoms with E-state index in [1.54, 1.807) is 0 Å². The van der Waals surface area contributed by atoms with E-state index in [-0.39, 0.29) is 18.3 Å². The van der Waals surface area contributed by atoms with Gasteiger partial charge in [-0.1, -0.05) is 23.4 Å². The lowest BCUT2D eigenvalue weighted by Crippen LogP contribution is -2.17. The summed E-state index contributed by atoms with van der Waals surface area (Å²) in [5.41, 5.74) is 2.03. The Morgan fingerprint density at radius 3 is 2.95 bits per heavy atom. The number of hydrogen-bond donors (Lipinski definition) is 1. The Morgan fingerprint density at radius 1 is 1.33 bits per heavy atom. The van der Waals surface area contributed by atoms with E-state index in [4.69, 9.17) is 4.52 Å². The molecule has 5 nitrogen and oxygen atoms in total. The van der Waals surface area contributed by atoms with Crippen molar-refractivity contribution in [2.75, 3.05) is 18.5 Å². The summed E-state index contributed by atoms with van der Waals surface area (Å²) in [5.74, 6) is 0.391. The first kappa shape index (κ1) is 13.9. The summed E-state index contributed by atoms with van der Waals surface area (Å²) in [6, 6.07) is 7.71. The van der Waals surface area contributed by atoms with Gasteiger partial charge < -0.3 is 14.6 Å². The molecule has 1 aromatic heterocycles. The third-order valence-corrected chi connectivity index (χ3v) is 3.11. The maximum atomic E-state index is 12.0. The molecular weight excluding hydrogens is 287 g/mol. The standard InChI is InChI=1S/C13H12F3N3O2/c14-13(15,16)7-20-6-11-18-12(21-19-11)9-5-17-10-4-2-1-3-8(9)10/h1-4,9,17H,5-7H2. The van der Waals surface area contributed by atoms with Crippen LogP contribution in [0.15, 0.2) is 28.8 Å². The number of para-hydroxylation sites is 1. The Kier molecular flexibility index (Phi) is 3.54. The summed E-state index contributed by atoms with van der Waals surface area (Å²) in [6.45, 7) is -1.04. The Morgan fingerprint density at radius 2 is 2.14 bits per heavy atom. The van der Waals surface area contributed by atoms with Crippen molar-refractivity contribution in [1.82, 2.24) is 10.1 Å². The van der Waals surface area contributed by atoms with Gasteiger partial charge in [0, 0.05) is 12.2 Å². The third kappa shape index (κ3) is 3.15. The van der Waals surface area contributed by atoms with Crippen molar-refractivity contribution >= 4 is 5.69 Å². The van der Waals surface area contributed by atoms with Crippen LogP contribution in [0.3, 0.4) is 0 Å². The molecule has 112 valence electrons. The highest BCUT2D eigenvalue weighted by Gasteiger charge is 2.29. The normalized spacial score (nSPS) is 17.6. The van der Waals surface area contributed by atoms with Crippen LogP contribution >= 0.6 is 0 Å². The predicted octanol–water partition coefficient (Wildman–Crippen LogP) is 2.71. The Balaban J connectivity index is 1.66. The molecule has 3 rings (SSSR count). The largest absolute Gasteiger partial charge is 0.411 e. The first-order valence-corrected chi connectivity index (χ1v) is 6.33. The number of rotatable bonds is 4. The minimum atomic E-state index is -4.36. The molecule has 1 atom stereocenters. The molecule has 1 aliphatic rings. The molecule has 0 aliphatic carbocycles. The lowest BCUT2D eigenvalue weighted by molar-refractivity contribution is -0.177. The van der Waals surface area contributed by atoms with Gasteiger partial charge in [0.25, 0.3) is 0 Å². The van der Waals surface area contributed by atoms with Gasteiger partial charge in [0.15, 0.2) is 5.82 Å². The number of ether oxygens (including phenoxy) is 1. The average molecular weight is 299 g/mol. The lowest BCUT2D eigenvalue weighted by atomic mass is 10.0. The van der Waals surface area contributed by atoms with Gasteiger partial charge in [0.1, 0.15) is 13.2 Å². The summed E-state index contributed by atoms with van der Waals surface area (Å²) in [7, 11) is 0. The first-order valence-electron chi connectivity index (χ1n) is 6.33. The number of nitrogens with one attached hydrogen (secondary N) is 1. The second-order valence-corrected chi connectivity index (χ2v) is 4.68. The first-order chi connectivity index (χ1) is 10.0. The fourth-order valence-electron chi connectivity index (χ4n) is 2.23. The van der Waals surface area contributed by atoms with Crippen LogP contribution in [0.2, 0.25) is 0 Å². The topological polar surface area (TPSA) is 60.2 Å². The fraction of sp³-hybridized carbons (Fsp3) is 0.385. The van der Waals surface area contributed by atoms with Crippen molar-refractivity contribution in [1.29, 1.82) is 0 Å². The van der Waals surface area contributed by atoms with Crippen LogP contribution in [-0.2, 0) is 11.3 Å². The number of benzene rings is 1. The molecule has 1 N–H and O–H groups in total. The number of halogens is 3. The molecule has 1 aromatic carbocycles. The van der Waals surface area contributed by atoms with E-state index in [9.17, 15) is 13.2 Å². The fourth-order valence-corrected chi connectivity index (χ4v) is 2.23. The van der Waals surface area contributed by atoms with Gasteiger partial charge in [0.2, 0.25) is 5.89 Å².